The topological polar surface area (TPSA) is 76.0 Å². The van der Waals surface area contributed by atoms with Gasteiger partial charge in [0.1, 0.15) is 0 Å². The van der Waals surface area contributed by atoms with E-state index in [1.165, 1.54) is 0 Å². The van der Waals surface area contributed by atoms with E-state index in [2.05, 4.69) is 15.7 Å². The average molecular weight is 348 g/mol. The lowest BCUT2D eigenvalue weighted by atomic mass is 10.1. The molecule has 1 heterocycles. The van der Waals surface area contributed by atoms with Crippen LogP contribution in [0.25, 0.3) is 5.69 Å². The maximum Gasteiger partial charge on any atom is 0.255 e. The summed E-state index contributed by atoms with van der Waals surface area (Å²) >= 11 is 0. The van der Waals surface area contributed by atoms with Crippen molar-refractivity contribution >= 4 is 17.5 Å². The van der Waals surface area contributed by atoms with Crippen LogP contribution in [0.3, 0.4) is 0 Å². The lowest BCUT2D eigenvalue weighted by Gasteiger charge is -2.08. The highest BCUT2D eigenvalue weighted by molar-refractivity contribution is 6.04. The van der Waals surface area contributed by atoms with Gasteiger partial charge in [0.15, 0.2) is 0 Å². The maximum atomic E-state index is 12.4. The molecule has 0 unspecified atom stereocenters. The van der Waals surface area contributed by atoms with E-state index in [0.29, 0.717) is 16.8 Å². The zero-order chi connectivity index (χ0) is 18.7. The standard InChI is InChI=1S/C20H20N4O2/c1-13-12-14(2)24(23-13)18-10-6-16(7-11-18)20(26)22-17-8-4-15(5-9-17)19(25)21-3/h4-12H,1-3H3,(H,21,25)(H,22,26). The smallest absolute Gasteiger partial charge is 0.255 e. The normalized spacial score (nSPS) is 10.4. The second kappa shape index (κ2) is 7.23. The summed E-state index contributed by atoms with van der Waals surface area (Å²) in [5.74, 6) is -0.375. The number of aromatic nitrogens is 2. The predicted octanol–water partition coefficient (Wildman–Crippen LogP) is 3.10. The number of hydrogen-bond acceptors (Lipinski definition) is 3. The van der Waals surface area contributed by atoms with Crippen LogP contribution in [-0.2, 0) is 0 Å². The molecular formula is C20H20N4O2. The number of amides is 2. The first-order chi connectivity index (χ1) is 12.5. The molecule has 3 aromatic rings. The van der Waals surface area contributed by atoms with Crippen LogP contribution in [-0.4, -0.2) is 28.6 Å². The summed E-state index contributed by atoms with van der Waals surface area (Å²) in [6.07, 6.45) is 0. The monoisotopic (exact) mass is 348 g/mol. The molecule has 0 spiro atoms. The molecule has 0 radical (unpaired) electrons. The van der Waals surface area contributed by atoms with Gasteiger partial charge >= 0.3 is 0 Å². The molecule has 0 aliphatic heterocycles. The Morgan fingerprint density at radius 2 is 1.46 bits per heavy atom. The first kappa shape index (κ1) is 17.4. The predicted molar refractivity (Wildman–Crippen MR) is 101 cm³/mol. The molecule has 2 aromatic carbocycles. The third-order valence-corrected chi connectivity index (χ3v) is 4.02. The van der Waals surface area contributed by atoms with Crippen LogP contribution in [0.4, 0.5) is 5.69 Å². The number of nitrogens with one attached hydrogen (secondary N) is 2. The van der Waals surface area contributed by atoms with E-state index in [0.717, 1.165) is 17.1 Å². The first-order valence-electron chi connectivity index (χ1n) is 8.25. The van der Waals surface area contributed by atoms with Gasteiger partial charge in [0, 0.05) is 29.6 Å². The lowest BCUT2D eigenvalue weighted by Crippen LogP contribution is -2.17. The van der Waals surface area contributed by atoms with Gasteiger partial charge in [-0.2, -0.15) is 5.10 Å². The molecule has 0 atom stereocenters. The largest absolute Gasteiger partial charge is 0.355 e. The molecule has 2 amide bonds. The molecule has 2 N–H and O–H groups in total. The molecule has 6 heteroatoms. The Bertz CT molecular complexity index is 941. The molecule has 0 saturated heterocycles. The van der Waals surface area contributed by atoms with Crippen LogP contribution in [0.2, 0.25) is 0 Å². The van der Waals surface area contributed by atoms with Crippen molar-refractivity contribution in [2.75, 3.05) is 12.4 Å². The molecule has 3 rings (SSSR count). The molecule has 6 nitrogen and oxygen atoms in total. The van der Waals surface area contributed by atoms with Gasteiger partial charge in [-0.15, -0.1) is 0 Å². The van der Waals surface area contributed by atoms with Crippen LogP contribution in [0.5, 0.6) is 0 Å². The number of aryl methyl sites for hydroxylation is 2. The summed E-state index contributed by atoms with van der Waals surface area (Å²) in [5, 5.41) is 9.82. The number of hydrogen-bond donors (Lipinski definition) is 2. The van der Waals surface area contributed by atoms with Gasteiger partial charge in [-0.3, -0.25) is 9.59 Å². The molecule has 0 aliphatic carbocycles. The Hall–Kier alpha value is -3.41. The fourth-order valence-corrected chi connectivity index (χ4v) is 2.70. The molecule has 132 valence electrons. The van der Waals surface area contributed by atoms with Crippen molar-refractivity contribution in [2.24, 2.45) is 0 Å². The van der Waals surface area contributed by atoms with Crippen molar-refractivity contribution in [1.82, 2.24) is 15.1 Å². The molecule has 0 saturated carbocycles. The fourth-order valence-electron chi connectivity index (χ4n) is 2.70. The van der Waals surface area contributed by atoms with Crippen molar-refractivity contribution in [3.05, 3.63) is 77.1 Å². The Balaban J connectivity index is 1.72. The summed E-state index contributed by atoms with van der Waals surface area (Å²) in [4.78, 5) is 23.9. The lowest BCUT2D eigenvalue weighted by molar-refractivity contribution is 0.0962. The Morgan fingerprint density at radius 3 is 2.00 bits per heavy atom. The van der Waals surface area contributed by atoms with Gasteiger partial charge in [0.25, 0.3) is 11.8 Å². The Morgan fingerprint density at radius 1 is 0.885 bits per heavy atom. The van der Waals surface area contributed by atoms with Crippen molar-refractivity contribution in [3.63, 3.8) is 0 Å². The highest BCUT2D eigenvalue weighted by Crippen LogP contribution is 2.15. The van der Waals surface area contributed by atoms with Gasteiger partial charge in [0.2, 0.25) is 0 Å². The maximum absolute atomic E-state index is 12.4. The van der Waals surface area contributed by atoms with Gasteiger partial charge < -0.3 is 10.6 Å². The minimum absolute atomic E-state index is 0.164. The van der Waals surface area contributed by atoms with Gasteiger partial charge in [-0.25, -0.2) is 4.68 Å². The van der Waals surface area contributed by atoms with Crippen LogP contribution in [0.15, 0.2) is 54.6 Å². The quantitative estimate of drug-likeness (QED) is 0.761. The zero-order valence-electron chi connectivity index (χ0n) is 14.9. The number of rotatable bonds is 4. The molecular weight excluding hydrogens is 328 g/mol. The number of carbonyl (C=O) groups is 2. The van der Waals surface area contributed by atoms with Crippen molar-refractivity contribution in [1.29, 1.82) is 0 Å². The van der Waals surface area contributed by atoms with Crippen LogP contribution >= 0.6 is 0 Å². The highest BCUT2D eigenvalue weighted by atomic mass is 16.2. The van der Waals surface area contributed by atoms with E-state index in [1.54, 1.807) is 43.4 Å². The van der Waals surface area contributed by atoms with Gasteiger partial charge in [0.05, 0.1) is 11.4 Å². The van der Waals surface area contributed by atoms with E-state index in [-0.39, 0.29) is 11.8 Å². The summed E-state index contributed by atoms with van der Waals surface area (Å²) in [6, 6.07) is 16.0. The summed E-state index contributed by atoms with van der Waals surface area (Å²) < 4.78 is 1.84. The first-order valence-corrected chi connectivity index (χ1v) is 8.25. The summed E-state index contributed by atoms with van der Waals surface area (Å²) in [5.41, 5.74) is 4.61. The molecule has 26 heavy (non-hydrogen) atoms. The SMILES string of the molecule is CNC(=O)c1ccc(NC(=O)c2ccc(-n3nc(C)cc3C)cc2)cc1. The third kappa shape index (κ3) is 3.64. The van der Waals surface area contributed by atoms with Gasteiger partial charge in [-0.05, 0) is 68.4 Å². The van der Waals surface area contributed by atoms with Crippen molar-refractivity contribution in [2.45, 2.75) is 13.8 Å². The number of benzene rings is 2. The summed E-state index contributed by atoms with van der Waals surface area (Å²) in [7, 11) is 1.58. The Labute approximate surface area is 151 Å². The third-order valence-electron chi connectivity index (χ3n) is 4.02. The second-order valence-electron chi connectivity index (χ2n) is 6.00. The molecule has 0 aliphatic rings. The molecule has 1 aromatic heterocycles. The molecule has 0 fully saturated rings. The minimum Gasteiger partial charge on any atom is -0.355 e. The van der Waals surface area contributed by atoms with E-state index in [1.807, 2.05) is 36.7 Å². The van der Waals surface area contributed by atoms with Crippen LogP contribution in [0, 0.1) is 13.8 Å². The van der Waals surface area contributed by atoms with E-state index in [9.17, 15) is 9.59 Å². The van der Waals surface area contributed by atoms with E-state index < -0.39 is 0 Å². The minimum atomic E-state index is -0.211. The fraction of sp³-hybridized carbons (Fsp3) is 0.150. The second-order valence-corrected chi connectivity index (χ2v) is 6.00. The average Bonchev–Trinajstić information content (AvgIpc) is 3.00. The van der Waals surface area contributed by atoms with Crippen molar-refractivity contribution < 1.29 is 9.59 Å². The van der Waals surface area contributed by atoms with E-state index in [4.69, 9.17) is 0 Å². The number of nitrogens with zero attached hydrogens (tertiary/aromatic N) is 2. The summed E-state index contributed by atoms with van der Waals surface area (Å²) in [6.45, 7) is 3.93. The van der Waals surface area contributed by atoms with Gasteiger partial charge in [-0.1, -0.05) is 0 Å². The number of carbonyl (C=O) groups excluding carboxylic acids is 2. The van der Waals surface area contributed by atoms with Crippen molar-refractivity contribution in [3.8, 4) is 5.69 Å². The van der Waals surface area contributed by atoms with Crippen LogP contribution in [0.1, 0.15) is 32.1 Å². The Kier molecular flexibility index (Phi) is 4.84. The number of anilines is 1. The highest BCUT2D eigenvalue weighted by Gasteiger charge is 2.09. The zero-order valence-corrected chi connectivity index (χ0v) is 14.9. The van der Waals surface area contributed by atoms with E-state index >= 15 is 0 Å². The molecule has 0 bridgehead atoms. The van der Waals surface area contributed by atoms with Crippen LogP contribution < -0.4 is 10.6 Å².